The van der Waals surface area contributed by atoms with Crippen LogP contribution in [0.25, 0.3) is 17.1 Å². The fraction of sp³-hybridized carbons (Fsp3) is 0.300. The molecule has 1 fully saturated rings. The fourth-order valence-corrected chi connectivity index (χ4v) is 3.94. The highest BCUT2D eigenvalue weighted by Gasteiger charge is 2.39. The Morgan fingerprint density at radius 3 is 2.96 bits per heavy atom. The van der Waals surface area contributed by atoms with Crippen molar-refractivity contribution in [2.75, 3.05) is 0 Å². The summed E-state index contributed by atoms with van der Waals surface area (Å²) in [4.78, 5) is 8.34. The summed E-state index contributed by atoms with van der Waals surface area (Å²) in [5.41, 5.74) is 1.30. The van der Waals surface area contributed by atoms with Crippen molar-refractivity contribution < 1.29 is 9.84 Å². The van der Waals surface area contributed by atoms with E-state index in [2.05, 4.69) is 44.6 Å². The number of piperidine rings is 1. The first-order chi connectivity index (χ1) is 13.6. The van der Waals surface area contributed by atoms with Crippen molar-refractivity contribution in [3.8, 4) is 28.7 Å². The highest BCUT2D eigenvalue weighted by atomic mass is 16.5. The number of phenols is 1. The molecule has 2 aliphatic rings. The summed E-state index contributed by atoms with van der Waals surface area (Å²) >= 11 is 0. The first-order valence-electron chi connectivity index (χ1n) is 9.23. The van der Waals surface area contributed by atoms with Crippen LogP contribution in [0.4, 0.5) is 0 Å². The molecule has 0 aliphatic carbocycles. The first-order valence-corrected chi connectivity index (χ1v) is 9.23. The molecule has 1 saturated heterocycles. The first kappa shape index (κ1) is 16.9. The Labute approximate surface area is 161 Å². The van der Waals surface area contributed by atoms with Crippen LogP contribution in [0, 0.1) is 0 Å². The molecule has 0 amide bonds. The van der Waals surface area contributed by atoms with Crippen LogP contribution < -0.4 is 10.1 Å². The van der Waals surface area contributed by atoms with Crippen molar-refractivity contribution >= 4 is 0 Å². The number of hydrogen-bond donors (Lipinski definition) is 2. The van der Waals surface area contributed by atoms with Gasteiger partial charge in [0.1, 0.15) is 11.9 Å². The van der Waals surface area contributed by atoms with E-state index in [0.717, 1.165) is 18.5 Å². The number of benzene rings is 1. The average molecular weight is 376 g/mol. The van der Waals surface area contributed by atoms with Crippen molar-refractivity contribution in [1.29, 1.82) is 0 Å². The number of aromatic nitrogens is 5. The molecule has 28 heavy (non-hydrogen) atoms. The van der Waals surface area contributed by atoms with Crippen LogP contribution in [-0.4, -0.2) is 47.5 Å². The molecule has 8 heteroatoms. The van der Waals surface area contributed by atoms with E-state index in [0.29, 0.717) is 23.3 Å². The minimum Gasteiger partial charge on any atom is -0.507 e. The van der Waals surface area contributed by atoms with E-state index in [1.54, 1.807) is 35.4 Å². The Morgan fingerprint density at radius 2 is 2.25 bits per heavy atom. The Bertz CT molecular complexity index is 1020. The predicted octanol–water partition coefficient (Wildman–Crippen LogP) is 2.26. The van der Waals surface area contributed by atoms with Crippen LogP contribution in [0.2, 0.25) is 0 Å². The third-order valence-electron chi connectivity index (χ3n) is 5.23. The second-order valence-electron chi connectivity index (χ2n) is 7.50. The van der Waals surface area contributed by atoms with E-state index in [9.17, 15) is 5.11 Å². The van der Waals surface area contributed by atoms with E-state index in [1.165, 1.54) is 0 Å². The van der Waals surface area contributed by atoms with Crippen LogP contribution in [0.15, 0.2) is 55.3 Å². The van der Waals surface area contributed by atoms with Gasteiger partial charge in [-0.05, 0) is 19.1 Å². The Hall–Kier alpha value is -3.26. The van der Waals surface area contributed by atoms with E-state index in [-0.39, 0.29) is 17.4 Å². The van der Waals surface area contributed by atoms with Gasteiger partial charge >= 0.3 is 0 Å². The monoisotopic (exact) mass is 376 g/mol. The minimum absolute atomic E-state index is 0.0167. The summed E-state index contributed by atoms with van der Waals surface area (Å²) in [6, 6.07) is 5.61. The summed E-state index contributed by atoms with van der Waals surface area (Å²) < 4.78 is 7.81. The number of aromatic hydroxyl groups is 1. The summed E-state index contributed by atoms with van der Waals surface area (Å²) in [5, 5.41) is 22.2. The van der Waals surface area contributed by atoms with E-state index in [4.69, 9.17) is 4.74 Å². The number of nitrogens with zero attached hydrogens (tertiary/aromatic N) is 5. The molecule has 2 N–H and O–H groups in total. The Kier molecular flexibility index (Phi) is 3.87. The molecule has 2 aliphatic heterocycles. The van der Waals surface area contributed by atoms with Gasteiger partial charge in [0.25, 0.3) is 5.88 Å². The van der Waals surface area contributed by atoms with Gasteiger partial charge in [-0.15, -0.1) is 10.2 Å². The third-order valence-corrected chi connectivity index (χ3v) is 5.23. The van der Waals surface area contributed by atoms with Gasteiger partial charge < -0.3 is 19.7 Å². The van der Waals surface area contributed by atoms with E-state index < -0.39 is 0 Å². The molecule has 0 spiro atoms. The number of fused-ring (bicyclic) bond motifs is 2. The summed E-state index contributed by atoms with van der Waals surface area (Å²) in [6.45, 7) is 2.17. The lowest BCUT2D eigenvalue weighted by molar-refractivity contribution is 0.110. The number of nitrogens with one attached hydrogen (secondary N) is 1. The molecule has 5 rings (SSSR count). The summed E-state index contributed by atoms with van der Waals surface area (Å²) in [7, 11) is 0. The maximum Gasteiger partial charge on any atom is 0.252 e. The predicted molar refractivity (Wildman–Crippen MR) is 102 cm³/mol. The van der Waals surface area contributed by atoms with Gasteiger partial charge in [-0.2, -0.15) is 0 Å². The van der Waals surface area contributed by atoms with Crippen LogP contribution >= 0.6 is 0 Å². The van der Waals surface area contributed by atoms with Crippen molar-refractivity contribution in [3.63, 3.8) is 0 Å². The molecule has 8 nitrogen and oxygen atoms in total. The van der Waals surface area contributed by atoms with Crippen LogP contribution in [0.3, 0.4) is 0 Å². The summed E-state index contributed by atoms with van der Waals surface area (Å²) in [6.07, 6.45) is 13.0. The smallest absolute Gasteiger partial charge is 0.252 e. The van der Waals surface area contributed by atoms with Crippen LogP contribution in [0.5, 0.6) is 11.6 Å². The topological polar surface area (TPSA) is 98.0 Å². The molecule has 2 aromatic heterocycles. The average Bonchev–Trinajstić information content (AvgIpc) is 3.30. The third kappa shape index (κ3) is 3.11. The number of ether oxygens (including phenoxy) is 1. The zero-order valence-corrected chi connectivity index (χ0v) is 15.4. The standard InChI is InChI=1S/C20H20N6O2/c1-20-5-4-13(23-20)8-15(10-20)28-18-11-22-19(25-24-18)16-3-2-14(9-17(16)27)26-7-6-21-12-26/h2-7,9,11-13,15,23,27H,8,10H2,1H3/t13?,15-,20+/m0/s1. The van der Waals surface area contributed by atoms with Crippen molar-refractivity contribution in [1.82, 2.24) is 30.0 Å². The SMILES string of the molecule is C[C@@]12C=CC(C[C@H](Oc3cnc(-c4ccc(-n5ccnc5)cc4O)nn3)C1)N2. The molecule has 3 aromatic rings. The Morgan fingerprint density at radius 1 is 1.32 bits per heavy atom. The van der Waals surface area contributed by atoms with Gasteiger partial charge in [0.2, 0.25) is 0 Å². The molecule has 2 bridgehead atoms. The number of imidazole rings is 1. The van der Waals surface area contributed by atoms with E-state index in [1.807, 2.05) is 12.3 Å². The molecule has 1 unspecified atom stereocenters. The maximum atomic E-state index is 10.4. The lowest BCUT2D eigenvalue weighted by Crippen LogP contribution is -2.51. The second-order valence-corrected chi connectivity index (χ2v) is 7.50. The van der Waals surface area contributed by atoms with Crippen molar-refractivity contribution in [3.05, 3.63) is 55.3 Å². The molecular formula is C20H20N6O2. The van der Waals surface area contributed by atoms with Crippen LogP contribution in [-0.2, 0) is 0 Å². The van der Waals surface area contributed by atoms with Crippen molar-refractivity contribution in [2.45, 2.75) is 37.5 Å². The van der Waals surface area contributed by atoms with Gasteiger partial charge in [-0.3, -0.25) is 0 Å². The van der Waals surface area contributed by atoms with Gasteiger partial charge in [0.15, 0.2) is 5.82 Å². The lowest BCUT2D eigenvalue weighted by Gasteiger charge is -2.36. The largest absolute Gasteiger partial charge is 0.507 e. The fourth-order valence-electron chi connectivity index (χ4n) is 3.94. The van der Waals surface area contributed by atoms with Gasteiger partial charge in [-0.1, -0.05) is 12.2 Å². The molecule has 1 aromatic carbocycles. The number of hydrogen-bond acceptors (Lipinski definition) is 7. The molecule has 0 saturated carbocycles. The van der Waals surface area contributed by atoms with Crippen molar-refractivity contribution in [2.24, 2.45) is 0 Å². The Balaban J connectivity index is 1.31. The van der Waals surface area contributed by atoms with Gasteiger partial charge in [0, 0.05) is 42.9 Å². The highest BCUT2D eigenvalue weighted by Crippen LogP contribution is 2.32. The zero-order valence-electron chi connectivity index (χ0n) is 15.4. The molecule has 142 valence electrons. The van der Waals surface area contributed by atoms with E-state index >= 15 is 0 Å². The van der Waals surface area contributed by atoms with Gasteiger partial charge in [-0.25, -0.2) is 9.97 Å². The quantitative estimate of drug-likeness (QED) is 0.674. The number of phenolic OH excluding ortho intramolecular Hbond substituents is 1. The van der Waals surface area contributed by atoms with Crippen LogP contribution in [0.1, 0.15) is 19.8 Å². The molecule has 4 heterocycles. The maximum absolute atomic E-state index is 10.4. The van der Waals surface area contributed by atoms with Gasteiger partial charge in [0.05, 0.1) is 23.8 Å². The summed E-state index contributed by atoms with van der Waals surface area (Å²) in [5.74, 6) is 0.824. The minimum atomic E-state index is -0.0167. The molecule has 0 radical (unpaired) electrons. The second kappa shape index (κ2) is 6.42. The zero-order chi connectivity index (χ0) is 19.1. The lowest BCUT2D eigenvalue weighted by atomic mass is 9.91. The number of rotatable bonds is 4. The highest BCUT2D eigenvalue weighted by molar-refractivity contribution is 5.65. The normalized spacial score (nSPS) is 25.8. The molecular weight excluding hydrogens is 356 g/mol. The molecule has 3 atom stereocenters.